The van der Waals surface area contributed by atoms with E-state index >= 15 is 0 Å². The molecule has 0 saturated heterocycles. The Bertz CT molecular complexity index is 300. The van der Waals surface area contributed by atoms with Gasteiger partial charge in [-0.1, -0.05) is 39.5 Å². The minimum absolute atomic E-state index is 0.238. The summed E-state index contributed by atoms with van der Waals surface area (Å²) >= 11 is 0. The maximum absolute atomic E-state index is 13.0. The van der Waals surface area contributed by atoms with E-state index in [2.05, 4.69) is 6.92 Å². The Morgan fingerprint density at radius 3 is 2.19 bits per heavy atom. The van der Waals surface area contributed by atoms with E-state index in [1.807, 2.05) is 6.92 Å². The first-order valence-electron chi connectivity index (χ1n) is 6.09. The molecule has 1 aromatic rings. The molecule has 16 heavy (non-hydrogen) atoms. The molecule has 0 heterocycles. The number of unbranched alkanes of at least 4 members (excludes halogenated alkanes) is 3. The first-order valence-corrected chi connectivity index (χ1v) is 6.09. The fourth-order valence-corrected chi connectivity index (χ4v) is 1.90. The average Bonchev–Trinajstić information content (AvgIpc) is 2.22. The number of hydrogen-bond acceptors (Lipinski definition) is 0. The number of benzene rings is 1. The normalized spacial score (nSPS) is 12.8. The van der Waals surface area contributed by atoms with Crippen LogP contribution in [0.2, 0.25) is 0 Å². The minimum atomic E-state index is -0.476. The molecule has 0 nitrogen and oxygen atoms in total. The summed E-state index contributed by atoms with van der Waals surface area (Å²) in [6.45, 7) is 4.20. The zero-order valence-electron chi connectivity index (χ0n) is 10.1. The van der Waals surface area contributed by atoms with E-state index in [1.54, 1.807) is 0 Å². The Morgan fingerprint density at radius 2 is 1.62 bits per heavy atom. The standard InChI is InChI=1S/C14H20F2/c1-3-4-5-6-7-11(2)12-8-13(15)10-14(16)9-12/h8-11H,3-7H2,1-2H3. The molecule has 0 N–H and O–H groups in total. The Hall–Kier alpha value is -0.920. The molecule has 0 aromatic heterocycles. The molecule has 0 aliphatic heterocycles. The van der Waals surface area contributed by atoms with E-state index in [4.69, 9.17) is 0 Å². The first kappa shape index (κ1) is 13.1. The van der Waals surface area contributed by atoms with Crippen molar-refractivity contribution in [3.63, 3.8) is 0 Å². The molecule has 1 unspecified atom stereocenters. The Morgan fingerprint density at radius 1 is 1.00 bits per heavy atom. The molecule has 90 valence electrons. The van der Waals surface area contributed by atoms with Crippen LogP contribution in [-0.2, 0) is 0 Å². The van der Waals surface area contributed by atoms with Gasteiger partial charge in [0.1, 0.15) is 11.6 Å². The molecule has 1 rings (SSSR count). The third-order valence-electron chi connectivity index (χ3n) is 2.94. The van der Waals surface area contributed by atoms with E-state index in [0.29, 0.717) is 0 Å². The number of halogens is 2. The molecule has 0 radical (unpaired) electrons. The second kappa shape index (κ2) is 6.62. The van der Waals surface area contributed by atoms with Gasteiger partial charge in [-0.25, -0.2) is 8.78 Å². The van der Waals surface area contributed by atoms with Gasteiger partial charge in [-0.2, -0.15) is 0 Å². The highest BCUT2D eigenvalue weighted by Gasteiger charge is 2.08. The molecule has 0 spiro atoms. The highest BCUT2D eigenvalue weighted by molar-refractivity contribution is 5.21. The smallest absolute Gasteiger partial charge is 0.126 e. The Kier molecular flexibility index (Phi) is 5.44. The fraction of sp³-hybridized carbons (Fsp3) is 0.571. The van der Waals surface area contributed by atoms with Crippen LogP contribution >= 0.6 is 0 Å². The quantitative estimate of drug-likeness (QED) is 0.596. The lowest BCUT2D eigenvalue weighted by Gasteiger charge is -2.11. The maximum Gasteiger partial charge on any atom is 0.126 e. The third-order valence-corrected chi connectivity index (χ3v) is 2.94. The summed E-state index contributed by atoms with van der Waals surface area (Å²) in [5, 5.41) is 0. The molecule has 1 atom stereocenters. The zero-order valence-corrected chi connectivity index (χ0v) is 10.1. The summed E-state index contributed by atoms with van der Waals surface area (Å²) in [7, 11) is 0. The van der Waals surface area contributed by atoms with Crippen LogP contribution in [0.25, 0.3) is 0 Å². The Labute approximate surface area is 96.7 Å². The second-order valence-electron chi connectivity index (χ2n) is 4.45. The van der Waals surface area contributed by atoms with Gasteiger partial charge in [0.15, 0.2) is 0 Å². The van der Waals surface area contributed by atoms with Gasteiger partial charge in [0.25, 0.3) is 0 Å². The summed E-state index contributed by atoms with van der Waals surface area (Å²) in [4.78, 5) is 0. The zero-order chi connectivity index (χ0) is 12.0. The lowest BCUT2D eigenvalue weighted by Crippen LogP contribution is -1.96. The van der Waals surface area contributed by atoms with Gasteiger partial charge >= 0.3 is 0 Å². The van der Waals surface area contributed by atoms with Crippen LogP contribution in [0.3, 0.4) is 0 Å². The van der Waals surface area contributed by atoms with Gasteiger partial charge < -0.3 is 0 Å². The Balaban J connectivity index is 2.48. The summed E-state index contributed by atoms with van der Waals surface area (Å²) in [6, 6.07) is 3.80. The lowest BCUT2D eigenvalue weighted by molar-refractivity contribution is 0.555. The van der Waals surface area contributed by atoms with E-state index in [9.17, 15) is 8.78 Å². The largest absolute Gasteiger partial charge is 0.207 e. The highest BCUT2D eigenvalue weighted by atomic mass is 19.1. The van der Waals surface area contributed by atoms with Gasteiger partial charge in [0, 0.05) is 6.07 Å². The first-order chi connectivity index (χ1) is 7.63. The predicted molar refractivity (Wildman–Crippen MR) is 63.5 cm³/mol. The summed E-state index contributed by atoms with van der Waals surface area (Å²) < 4.78 is 26.0. The summed E-state index contributed by atoms with van der Waals surface area (Å²) in [5.74, 6) is -0.715. The van der Waals surface area contributed by atoms with Crippen LogP contribution in [0.5, 0.6) is 0 Å². The van der Waals surface area contributed by atoms with Crippen molar-refractivity contribution in [3.8, 4) is 0 Å². The van der Waals surface area contributed by atoms with E-state index in [-0.39, 0.29) is 5.92 Å². The lowest BCUT2D eigenvalue weighted by atomic mass is 9.95. The molecule has 1 aromatic carbocycles. The summed E-state index contributed by atoms with van der Waals surface area (Å²) in [5.41, 5.74) is 0.772. The third kappa shape index (κ3) is 4.30. The molecule has 0 bridgehead atoms. The van der Waals surface area contributed by atoms with Crippen molar-refractivity contribution in [1.29, 1.82) is 0 Å². The molecule has 2 heteroatoms. The van der Waals surface area contributed by atoms with Crippen molar-refractivity contribution in [2.24, 2.45) is 0 Å². The van der Waals surface area contributed by atoms with Gasteiger partial charge in [-0.3, -0.25) is 0 Å². The maximum atomic E-state index is 13.0. The molecule has 0 amide bonds. The van der Waals surface area contributed by atoms with Crippen LogP contribution < -0.4 is 0 Å². The SMILES string of the molecule is CCCCCCC(C)c1cc(F)cc(F)c1. The van der Waals surface area contributed by atoms with E-state index in [0.717, 1.165) is 24.5 Å². The van der Waals surface area contributed by atoms with Crippen LogP contribution in [-0.4, -0.2) is 0 Å². The van der Waals surface area contributed by atoms with Crippen molar-refractivity contribution in [3.05, 3.63) is 35.4 Å². The van der Waals surface area contributed by atoms with Crippen LogP contribution in [0, 0.1) is 11.6 Å². The molecule has 0 fully saturated rings. The predicted octanol–water partition coefficient (Wildman–Crippen LogP) is 5.04. The van der Waals surface area contributed by atoms with Gasteiger partial charge in [0.05, 0.1) is 0 Å². The molecular formula is C14H20F2. The van der Waals surface area contributed by atoms with Crippen molar-refractivity contribution < 1.29 is 8.78 Å². The highest BCUT2D eigenvalue weighted by Crippen LogP contribution is 2.23. The molecule has 0 aliphatic rings. The number of hydrogen-bond donors (Lipinski definition) is 0. The van der Waals surface area contributed by atoms with Crippen LogP contribution in [0.15, 0.2) is 18.2 Å². The minimum Gasteiger partial charge on any atom is -0.207 e. The van der Waals surface area contributed by atoms with E-state index in [1.165, 1.54) is 31.4 Å². The molecular weight excluding hydrogens is 206 g/mol. The van der Waals surface area contributed by atoms with Gasteiger partial charge in [-0.05, 0) is 30.0 Å². The van der Waals surface area contributed by atoms with E-state index < -0.39 is 11.6 Å². The molecule has 0 aliphatic carbocycles. The van der Waals surface area contributed by atoms with Crippen molar-refractivity contribution >= 4 is 0 Å². The molecule has 0 saturated carbocycles. The monoisotopic (exact) mass is 226 g/mol. The average molecular weight is 226 g/mol. The van der Waals surface area contributed by atoms with Crippen LogP contribution in [0.4, 0.5) is 8.78 Å². The van der Waals surface area contributed by atoms with Gasteiger partial charge in [0.2, 0.25) is 0 Å². The van der Waals surface area contributed by atoms with Crippen LogP contribution in [0.1, 0.15) is 57.4 Å². The van der Waals surface area contributed by atoms with Crippen molar-refractivity contribution in [2.75, 3.05) is 0 Å². The fourth-order valence-electron chi connectivity index (χ4n) is 1.90. The van der Waals surface area contributed by atoms with Crippen molar-refractivity contribution in [2.45, 2.75) is 51.9 Å². The number of rotatable bonds is 6. The summed E-state index contributed by atoms with van der Waals surface area (Å²) in [6.07, 6.45) is 5.79. The second-order valence-corrected chi connectivity index (χ2v) is 4.45. The topological polar surface area (TPSA) is 0 Å². The van der Waals surface area contributed by atoms with Gasteiger partial charge in [-0.15, -0.1) is 0 Å². The van der Waals surface area contributed by atoms with Crippen molar-refractivity contribution in [1.82, 2.24) is 0 Å².